The minimum Gasteiger partial charge on any atom is -0.355 e. The van der Waals surface area contributed by atoms with E-state index < -0.39 is 0 Å². The van der Waals surface area contributed by atoms with Gasteiger partial charge in [0.15, 0.2) is 5.96 Å². The summed E-state index contributed by atoms with van der Waals surface area (Å²) in [5.41, 5.74) is 1.01. The maximum atomic E-state index is 13.6. The Morgan fingerprint density at radius 1 is 1.31 bits per heavy atom. The lowest BCUT2D eigenvalue weighted by Crippen LogP contribution is -2.45. The first-order valence-corrected chi connectivity index (χ1v) is 9.50. The van der Waals surface area contributed by atoms with E-state index in [0.29, 0.717) is 18.5 Å². The average molecular weight is 360 g/mol. The molecule has 0 aliphatic heterocycles. The van der Waals surface area contributed by atoms with Crippen LogP contribution in [0.15, 0.2) is 29.3 Å². The van der Waals surface area contributed by atoms with E-state index in [4.69, 9.17) is 0 Å². The van der Waals surface area contributed by atoms with Crippen molar-refractivity contribution in [2.24, 2.45) is 4.99 Å². The molecule has 2 aliphatic carbocycles. The Morgan fingerprint density at radius 3 is 2.65 bits per heavy atom. The number of nitrogens with zero attached hydrogens (tertiary/aromatic N) is 2. The van der Waals surface area contributed by atoms with Gasteiger partial charge < -0.3 is 15.5 Å². The van der Waals surface area contributed by atoms with E-state index in [2.05, 4.69) is 15.6 Å². The number of guanidine groups is 1. The smallest absolute Gasteiger partial charge is 0.243 e. The Balaban J connectivity index is 1.64. The monoisotopic (exact) mass is 360 g/mol. The van der Waals surface area contributed by atoms with Crippen molar-refractivity contribution in [3.63, 3.8) is 0 Å². The summed E-state index contributed by atoms with van der Waals surface area (Å²) in [4.78, 5) is 17.9. The van der Waals surface area contributed by atoms with Crippen LogP contribution in [0.4, 0.5) is 4.39 Å². The van der Waals surface area contributed by atoms with Crippen LogP contribution in [0.1, 0.15) is 44.1 Å². The van der Waals surface area contributed by atoms with Gasteiger partial charge in [0.2, 0.25) is 5.91 Å². The number of amides is 1. The zero-order valence-corrected chi connectivity index (χ0v) is 15.7. The lowest BCUT2D eigenvalue weighted by molar-refractivity contribution is -0.127. The molecule has 0 atom stereocenters. The second-order valence-corrected chi connectivity index (χ2v) is 7.72. The molecule has 1 amide bonds. The lowest BCUT2D eigenvalue weighted by Gasteiger charge is -2.22. The highest BCUT2D eigenvalue weighted by Crippen LogP contribution is 2.47. The van der Waals surface area contributed by atoms with Crippen molar-refractivity contribution in [3.8, 4) is 0 Å². The largest absolute Gasteiger partial charge is 0.355 e. The Bertz CT molecular complexity index is 664. The Kier molecular flexibility index (Phi) is 5.79. The van der Waals surface area contributed by atoms with Crippen molar-refractivity contribution in [3.05, 3.63) is 35.6 Å². The van der Waals surface area contributed by atoms with Crippen molar-refractivity contribution in [1.29, 1.82) is 0 Å². The van der Waals surface area contributed by atoms with Crippen molar-refractivity contribution in [1.82, 2.24) is 15.5 Å². The highest BCUT2D eigenvalue weighted by Gasteiger charge is 2.44. The first-order chi connectivity index (χ1) is 12.5. The fraction of sp³-hybridized carbons (Fsp3) is 0.600. The molecule has 2 saturated carbocycles. The van der Waals surface area contributed by atoms with Crippen LogP contribution in [0.3, 0.4) is 0 Å². The summed E-state index contributed by atoms with van der Waals surface area (Å²) >= 11 is 0. The van der Waals surface area contributed by atoms with Gasteiger partial charge in [0.1, 0.15) is 12.4 Å². The van der Waals surface area contributed by atoms with Gasteiger partial charge in [-0.1, -0.05) is 25.0 Å². The fourth-order valence-electron chi connectivity index (χ4n) is 3.49. The number of carbonyl (C=O) groups excluding carboxylic acids is 1. The first kappa shape index (κ1) is 18.7. The van der Waals surface area contributed by atoms with Crippen molar-refractivity contribution >= 4 is 11.9 Å². The summed E-state index contributed by atoms with van der Waals surface area (Å²) in [6.07, 6.45) is 6.81. The van der Waals surface area contributed by atoms with Gasteiger partial charge in [-0.05, 0) is 43.4 Å². The highest BCUT2D eigenvalue weighted by atomic mass is 19.1. The second-order valence-electron chi connectivity index (χ2n) is 7.72. The average Bonchev–Trinajstić information content (AvgIpc) is 3.24. The third kappa shape index (κ3) is 4.74. The van der Waals surface area contributed by atoms with Crippen LogP contribution >= 0.6 is 0 Å². The zero-order valence-electron chi connectivity index (χ0n) is 15.7. The van der Waals surface area contributed by atoms with Crippen LogP contribution in [-0.4, -0.2) is 50.0 Å². The van der Waals surface area contributed by atoms with Gasteiger partial charge in [-0.3, -0.25) is 4.79 Å². The number of likely N-dealkylation sites (N-methyl/N-ethyl adjacent to an activating group) is 1. The summed E-state index contributed by atoms with van der Waals surface area (Å²) < 4.78 is 13.6. The normalized spacial score (nSPS) is 19.3. The molecule has 142 valence electrons. The molecule has 5 nitrogen and oxygen atoms in total. The number of hydrogen-bond acceptors (Lipinski definition) is 2. The van der Waals surface area contributed by atoms with Gasteiger partial charge in [0.25, 0.3) is 0 Å². The topological polar surface area (TPSA) is 56.7 Å². The van der Waals surface area contributed by atoms with E-state index in [0.717, 1.165) is 31.2 Å². The molecule has 6 heteroatoms. The summed E-state index contributed by atoms with van der Waals surface area (Å²) in [7, 11) is 3.47. The number of rotatable bonds is 6. The molecule has 0 spiro atoms. The van der Waals surface area contributed by atoms with Gasteiger partial charge in [-0.15, -0.1) is 0 Å². The summed E-state index contributed by atoms with van der Waals surface area (Å²) in [5.74, 6) is 0.474. The van der Waals surface area contributed by atoms with Gasteiger partial charge in [-0.25, -0.2) is 9.38 Å². The molecule has 26 heavy (non-hydrogen) atoms. The van der Waals surface area contributed by atoms with Gasteiger partial charge in [-0.2, -0.15) is 0 Å². The minimum atomic E-state index is -0.191. The maximum Gasteiger partial charge on any atom is 0.243 e. The highest BCUT2D eigenvalue weighted by molar-refractivity contribution is 5.85. The molecule has 0 bridgehead atoms. The third-order valence-electron chi connectivity index (χ3n) is 5.45. The Hall–Kier alpha value is -2.11. The molecule has 3 rings (SSSR count). The molecule has 0 radical (unpaired) electrons. The second kappa shape index (κ2) is 8.06. The number of nitrogens with one attached hydrogen (secondary N) is 2. The van der Waals surface area contributed by atoms with E-state index in [-0.39, 0.29) is 23.7 Å². The molecule has 2 N–H and O–H groups in total. The van der Waals surface area contributed by atoms with E-state index in [1.54, 1.807) is 31.1 Å². The van der Waals surface area contributed by atoms with Crippen molar-refractivity contribution in [2.75, 3.05) is 27.2 Å². The SMILES string of the molecule is CN(C)C(=O)CN=C(NCC1(c2cccc(F)c2)CC1)NC1CCCC1. The number of benzene rings is 1. The first-order valence-electron chi connectivity index (χ1n) is 9.50. The van der Waals surface area contributed by atoms with E-state index in [9.17, 15) is 9.18 Å². The third-order valence-corrected chi connectivity index (χ3v) is 5.45. The fourth-order valence-corrected chi connectivity index (χ4v) is 3.49. The van der Waals surface area contributed by atoms with Gasteiger partial charge in [0.05, 0.1) is 0 Å². The van der Waals surface area contributed by atoms with E-state index in [1.807, 2.05) is 6.07 Å². The number of halogens is 1. The standard InChI is InChI=1S/C20H29FN4O/c1-25(2)18(26)13-22-19(24-17-8-3-4-9-17)23-14-20(10-11-20)15-6-5-7-16(21)12-15/h5-7,12,17H,3-4,8-11,13-14H2,1-2H3,(H2,22,23,24). The molecule has 2 aliphatic rings. The molecule has 1 aromatic rings. The molecule has 0 unspecified atom stereocenters. The summed E-state index contributed by atoms with van der Waals surface area (Å²) in [6, 6.07) is 7.29. The predicted octanol–water partition coefficient (Wildman–Crippen LogP) is 2.42. The van der Waals surface area contributed by atoms with Crippen molar-refractivity contribution in [2.45, 2.75) is 50.0 Å². The molecule has 0 aromatic heterocycles. The van der Waals surface area contributed by atoms with Crippen LogP contribution in [-0.2, 0) is 10.2 Å². The lowest BCUT2D eigenvalue weighted by atomic mass is 9.96. The van der Waals surface area contributed by atoms with Crippen molar-refractivity contribution < 1.29 is 9.18 Å². The Morgan fingerprint density at radius 2 is 2.04 bits per heavy atom. The van der Waals surface area contributed by atoms with Crippen LogP contribution in [0.25, 0.3) is 0 Å². The number of aliphatic imine (C=N–C) groups is 1. The quantitative estimate of drug-likeness (QED) is 0.605. The van der Waals surface area contributed by atoms with Crippen LogP contribution in [0, 0.1) is 5.82 Å². The Labute approximate surface area is 155 Å². The van der Waals surface area contributed by atoms with Crippen LogP contribution < -0.4 is 10.6 Å². The number of carbonyl (C=O) groups is 1. The van der Waals surface area contributed by atoms with E-state index >= 15 is 0 Å². The van der Waals surface area contributed by atoms with E-state index in [1.165, 1.54) is 18.9 Å². The van der Waals surface area contributed by atoms with Gasteiger partial charge >= 0.3 is 0 Å². The molecule has 0 saturated heterocycles. The van der Waals surface area contributed by atoms with Crippen LogP contribution in [0.5, 0.6) is 0 Å². The summed E-state index contributed by atoms with van der Waals surface area (Å²) in [5, 5.41) is 6.87. The molecular formula is C20H29FN4O. The molecule has 0 heterocycles. The number of hydrogen-bond donors (Lipinski definition) is 2. The molecular weight excluding hydrogens is 331 g/mol. The molecule has 1 aromatic carbocycles. The summed E-state index contributed by atoms with van der Waals surface area (Å²) in [6.45, 7) is 0.827. The minimum absolute atomic E-state index is 0.0220. The van der Waals surface area contributed by atoms with Gasteiger partial charge in [0, 0.05) is 32.1 Å². The van der Waals surface area contributed by atoms with Crippen LogP contribution in [0.2, 0.25) is 0 Å². The maximum absolute atomic E-state index is 13.6. The zero-order chi connectivity index (χ0) is 18.6. The molecule has 2 fully saturated rings. The predicted molar refractivity (Wildman–Crippen MR) is 102 cm³/mol.